The summed E-state index contributed by atoms with van der Waals surface area (Å²) in [7, 11) is -3.37. The van der Waals surface area contributed by atoms with Crippen LogP contribution >= 0.6 is 0 Å². The molecule has 23 heavy (non-hydrogen) atoms. The molecule has 2 rings (SSSR count). The summed E-state index contributed by atoms with van der Waals surface area (Å²) in [5.74, 6) is -0.227. The van der Waals surface area contributed by atoms with E-state index in [9.17, 15) is 13.2 Å². The predicted molar refractivity (Wildman–Crippen MR) is 89.5 cm³/mol. The summed E-state index contributed by atoms with van der Waals surface area (Å²) in [5.41, 5.74) is 1.67. The SMILES string of the molecule is CCCS(=O)(=O)Nc1cccc(C(=O)NCc2cccnc2)c1. The Bertz CT molecular complexity index is 761. The van der Waals surface area contributed by atoms with Gasteiger partial charge in [-0.1, -0.05) is 19.1 Å². The van der Waals surface area contributed by atoms with Crippen molar-refractivity contribution >= 4 is 21.6 Å². The quantitative estimate of drug-likeness (QED) is 0.813. The minimum atomic E-state index is -3.37. The molecule has 0 fully saturated rings. The first-order valence-corrected chi connectivity index (χ1v) is 8.93. The van der Waals surface area contributed by atoms with Gasteiger partial charge in [0.05, 0.1) is 5.75 Å². The van der Waals surface area contributed by atoms with Crippen molar-refractivity contribution in [1.29, 1.82) is 0 Å². The molecule has 6 nitrogen and oxygen atoms in total. The Hall–Kier alpha value is -2.41. The fourth-order valence-electron chi connectivity index (χ4n) is 2.01. The number of hydrogen-bond acceptors (Lipinski definition) is 4. The van der Waals surface area contributed by atoms with Crippen LogP contribution in [-0.4, -0.2) is 25.1 Å². The maximum atomic E-state index is 12.2. The highest BCUT2D eigenvalue weighted by Crippen LogP contribution is 2.13. The average molecular weight is 333 g/mol. The minimum absolute atomic E-state index is 0.0461. The molecule has 0 aliphatic carbocycles. The minimum Gasteiger partial charge on any atom is -0.348 e. The van der Waals surface area contributed by atoms with Gasteiger partial charge in [0.15, 0.2) is 0 Å². The first kappa shape index (κ1) is 17.0. The van der Waals surface area contributed by atoms with E-state index in [4.69, 9.17) is 0 Å². The maximum Gasteiger partial charge on any atom is 0.251 e. The zero-order valence-corrected chi connectivity index (χ0v) is 13.6. The molecule has 2 N–H and O–H groups in total. The number of nitrogens with zero attached hydrogens (tertiary/aromatic N) is 1. The van der Waals surface area contributed by atoms with Crippen LogP contribution in [0.3, 0.4) is 0 Å². The lowest BCUT2D eigenvalue weighted by molar-refractivity contribution is 0.0951. The molecule has 1 aromatic heterocycles. The molecule has 0 unspecified atom stereocenters. The molecule has 0 saturated carbocycles. The van der Waals surface area contributed by atoms with E-state index in [1.165, 1.54) is 6.07 Å². The lowest BCUT2D eigenvalue weighted by Gasteiger charge is -2.09. The second-order valence-corrected chi connectivity index (χ2v) is 6.89. The Kier molecular flexibility index (Phi) is 5.70. The Labute approximate surface area is 136 Å². The number of benzene rings is 1. The van der Waals surface area contributed by atoms with Crippen molar-refractivity contribution in [3.63, 3.8) is 0 Å². The van der Waals surface area contributed by atoms with E-state index in [2.05, 4.69) is 15.0 Å². The Balaban J connectivity index is 2.02. The number of sulfonamides is 1. The van der Waals surface area contributed by atoms with Crippen molar-refractivity contribution < 1.29 is 13.2 Å². The molecule has 0 aliphatic rings. The summed E-state index contributed by atoms with van der Waals surface area (Å²) in [6, 6.07) is 10.1. The standard InChI is InChI=1S/C16H19N3O3S/c1-2-9-23(21,22)19-15-7-3-6-14(10-15)16(20)18-12-13-5-4-8-17-11-13/h3-8,10-11,19H,2,9,12H2,1H3,(H,18,20). The molecule has 0 radical (unpaired) electrons. The van der Waals surface area contributed by atoms with E-state index in [0.717, 1.165) is 5.56 Å². The van der Waals surface area contributed by atoms with Gasteiger partial charge in [0.2, 0.25) is 10.0 Å². The van der Waals surface area contributed by atoms with Crippen LogP contribution in [0.1, 0.15) is 29.3 Å². The highest BCUT2D eigenvalue weighted by Gasteiger charge is 2.11. The number of aromatic nitrogens is 1. The highest BCUT2D eigenvalue weighted by molar-refractivity contribution is 7.92. The first-order chi connectivity index (χ1) is 11.0. The van der Waals surface area contributed by atoms with Crippen molar-refractivity contribution in [3.05, 3.63) is 59.9 Å². The average Bonchev–Trinajstić information content (AvgIpc) is 2.53. The molecule has 0 atom stereocenters. The summed E-state index contributed by atoms with van der Waals surface area (Å²) in [4.78, 5) is 16.1. The van der Waals surface area contributed by atoms with Gasteiger partial charge in [-0.25, -0.2) is 8.42 Å². The third kappa shape index (κ3) is 5.37. The summed E-state index contributed by atoms with van der Waals surface area (Å²) < 4.78 is 26.0. The lowest BCUT2D eigenvalue weighted by atomic mass is 10.2. The van der Waals surface area contributed by atoms with Crippen molar-refractivity contribution in [3.8, 4) is 0 Å². The normalized spacial score (nSPS) is 11.0. The van der Waals surface area contributed by atoms with Gasteiger partial charge < -0.3 is 5.32 Å². The molecule has 7 heteroatoms. The molecule has 0 spiro atoms. The molecule has 2 aromatic rings. The monoisotopic (exact) mass is 333 g/mol. The second kappa shape index (κ2) is 7.73. The number of carbonyl (C=O) groups excluding carboxylic acids is 1. The van der Waals surface area contributed by atoms with Crippen LogP contribution in [0.5, 0.6) is 0 Å². The predicted octanol–water partition coefficient (Wildman–Crippen LogP) is 2.16. The molecular weight excluding hydrogens is 314 g/mol. The Morgan fingerprint density at radius 1 is 1.22 bits per heavy atom. The van der Waals surface area contributed by atoms with E-state index in [-0.39, 0.29) is 11.7 Å². The molecule has 122 valence electrons. The van der Waals surface area contributed by atoms with E-state index in [1.54, 1.807) is 43.6 Å². The number of anilines is 1. The van der Waals surface area contributed by atoms with Crippen molar-refractivity contribution in [2.75, 3.05) is 10.5 Å². The van der Waals surface area contributed by atoms with Crippen molar-refractivity contribution in [2.45, 2.75) is 19.9 Å². The smallest absolute Gasteiger partial charge is 0.251 e. The molecule has 0 aliphatic heterocycles. The van der Waals surface area contributed by atoms with Gasteiger partial charge in [0.1, 0.15) is 0 Å². The summed E-state index contributed by atoms with van der Waals surface area (Å²) in [6.45, 7) is 2.15. The van der Waals surface area contributed by atoms with Crippen LogP contribution in [0.25, 0.3) is 0 Å². The maximum absolute atomic E-state index is 12.2. The second-order valence-electron chi connectivity index (χ2n) is 5.05. The highest BCUT2D eigenvalue weighted by atomic mass is 32.2. The van der Waals surface area contributed by atoms with Gasteiger partial charge in [0.25, 0.3) is 5.91 Å². The number of nitrogens with one attached hydrogen (secondary N) is 2. The fourth-order valence-corrected chi connectivity index (χ4v) is 3.14. The zero-order chi connectivity index (χ0) is 16.7. The van der Waals surface area contributed by atoms with Gasteiger partial charge in [-0.05, 0) is 36.2 Å². The number of hydrogen-bond donors (Lipinski definition) is 2. The van der Waals surface area contributed by atoms with Gasteiger partial charge in [0, 0.05) is 30.2 Å². The molecule has 1 heterocycles. The Morgan fingerprint density at radius 3 is 2.74 bits per heavy atom. The topological polar surface area (TPSA) is 88.2 Å². The Morgan fingerprint density at radius 2 is 2.04 bits per heavy atom. The first-order valence-electron chi connectivity index (χ1n) is 7.28. The van der Waals surface area contributed by atoms with Crippen molar-refractivity contribution in [1.82, 2.24) is 10.3 Å². The third-order valence-corrected chi connectivity index (χ3v) is 4.54. The van der Waals surface area contributed by atoms with Gasteiger partial charge >= 0.3 is 0 Å². The molecule has 1 amide bonds. The fraction of sp³-hybridized carbons (Fsp3) is 0.250. The molecule has 1 aromatic carbocycles. The third-order valence-electron chi connectivity index (χ3n) is 3.05. The van der Waals surface area contributed by atoms with Gasteiger partial charge in [-0.2, -0.15) is 0 Å². The number of carbonyl (C=O) groups is 1. The van der Waals surface area contributed by atoms with Crippen LogP contribution in [0.2, 0.25) is 0 Å². The van der Waals surface area contributed by atoms with E-state index in [1.807, 2.05) is 6.07 Å². The molecule has 0 saturated heterocycles. The molecule has 0 bridgehead atoms. The van der Waals surface area contributed by atoms with Gasteiger partial charge in [-0.3, -0.25) is 14.5 Å². The summed E-state index contributed by atoms with van der Waals surface area (Å²) >= 11 is 0. The zero-order valence-electron chi connectivity index (χ0n) is 12.8. The number of pyridine rings is 1. The van der Waals surface area contributed by atoms with Crippen LogP contribution in [-0.2, 0) is 16.6 Å². The van der Waals surface area contributed by atoms with Gasteiger partial charge in [-0.15, -0.1) is 0 Å². The summed E-state index contributed by atoms with van der Waals surface area (Å²) in [5, 5.41) is 2.77. The molecular formula is C16H19N3O3S. The van der Waals surface area contributed by atoms with E-state index >= 15 is 0 Å². The van der Waals surface area contributed by atoms with E-state index in [0.29, 0.717) is 24.2 Å². The van der Waals surface area contributed by atoms with Crippen molar-refractivity contribution in [2.24, 2.45) is 0 Å². The number of amides is 1. The number of rotatable bonds is 7. The largest absolute Gasteiger partial charge is 0.348 e. The van der Waals surface area contributed by atoms with Crippen LogP contribution in [0.4, 0.5) is 5.69 Å². The van der Waals surface area contributed by atoms with Crippen LogP contribution in [0, 0.1) is 0 Å². The van der Waals surface area contributed by atoms with Crippen LogP contribution < -0.4 is 10.0 Å². The lowest BCUT2D eigenvalue weighted by Crippen LogP contribution is -2.23. The summed E-state index contributed by atoms with van der Waals surface area (Å²) in [6.07, 6.45) is 3.87. The van der Waals surface area contributed by atoms with E-state index < -0.39 is 10.0 Å². The van der Waals surface area contributed by atoms with Crippen LogP contribution in [0.15, 0.2) is 48.8 Å².